The van der Waals surface area contributed by atoms with E-state index in [1.807, 2.05) is 12.1 Å². The first-order chi connectivity index (χ1) is 12.8. The molecule has 7 heteroatoms. The van der Waals surface area contributed by atoms with Gasteiger partial charge >= 0.3 is 0 Å². The van der Waals surface area contributed by atoms with Crippen LogP contribution in [0, 0.1) is 17.2 Å². The zero-order valence-corrected chi connectivity index (χ0v) is 15.2. The van der Waals surface area contributed by atoms with Crippen molar-refractivity contribution in [3.63, 3.8) is 0 Å². The fourth-order valence-electron chi connectivity index (χ4n) is 3.52. The predicted octanol–water partition coefficient (Wildman–Crippen LogP) is 1.01. The highest BCUT2D eigenvalue weighted by atomic mass is 16.5. The zero-order chi connectivity index (χ0) is 18.2. The van der Waals surface area contributed by atoms with Gasteiger partial charge in [-0.25, -0.2) is 4.98 Å². The van der Waals surface area contributed by atoms with Crippen LogP contribution in [0.5, 0.6) is 0 Å². The highest BCUT2D eigenvalue weighted by Gasteiger charge is 2.25. The fourth-order valence-corrected chi connectivity index (χ4v) is 3.52. The molecule has 0 unspecified atom stereocenters. The van der Waals surface area contributed by atoms with Crippen molar-refractivity contribution < 1.29 is 9.53 Å². The molecule has 2 saturated heterocycles. The molecule has 26 heavy (non-hydrogen) atoms. The number of hydrogen-bond acceptors (Lipinski definition) is 6. The van der Waals surface area contributed by atoms with Gasteiger partial charge < -0.3 is 15.0 Å². The smallest absolute Gasteiger partial charge is 0.223 e. The summed E-state index contributed by atoms with van der Waals surface area (Å²) in [6.45, 7) is 6.97. The number of nitrogens with zero attached hydrogens (tertiary/aromatic N) is 4. The molecule has 1 amide bonds. The quantitative estimate of drug-likeness (QED) is 0.765. The molecule has 3 rings (SSSR count). The van der Waals surface area contributed by atoms with Gasteiger partial charge in [0.1, 0.15) is 17.6 Å². The van der Waals surface area contributed by atoms with Crippen LogP contribution < -0.4 is 10.2 Å². The molecular weight excluding hydrogens is 330 g/mol. The van der Waals surface area contributed by atoms with Crippen LogP contribution in [0.4, 0.5) is 5.82 Å². The van der Waals surface area contributed by atoms with Crippen LogP contribution in [-0.4, -0.2) is 68.3 Å². The summed E-state index contributed by atoms with van der Waals surface area (Å²) in [4.78, 5) is 21.3. The number of carbonyl (C=O) groups excluding carboxylic acids is 1. The molecule has 2 fully saturated rings. The van der Waals surface area contributed by atoms with Gasteiger partial charge in [0.15, 0.2) is 0 Å². The van der Waals surface area contributed by atoms with E-state index in [2.05, 4.69) is 26.2 Å². The van der Waals surface area contributed by atoms with Crippen LogP contribution in [0.25, 0.3) is 0 Å². The summed E-state index contributed by atoms with van der Waals surface area (Å²) in [5, 5.41) is 12.1. The number of amides is 1. The van der Waals surface area contributed by atoms with E-state index in [9.17, 15) is 4.79 Å². The van der Waals surface area contributed by atoms with Crippen molar-refractivity contribution >= 4 is 11.7 Å². The van der Waals surface area contributed by atoms with E-state index in [1.165, 1.54) is 0 Å². The van der Waals surface area contributed by atoms with E-state index in [0.717, 1.165) is 77.6 Å². The fraction of sp³-hybridized carbons (Fsp3) is 0.632. The Hall–Kier alpha value is -2.17. The van der Waals surface area contributed by atoms with Gasteiger partial charge in [-0.15, -0.1) is 0 Å². The van der Waals surface area contributed by atoms with Crippen molar-refractivity contribution in [2.45, 2.75) is 19.3 Å². The van der Waals surface area contributed by atoms with Gasteiger partial charge in [0, 0.05) is 38.6 Å². The Morgan fingerprint density at radius 3 is 2.77 bits per heavy atom. The SMILES string of the molecule is N#Cc1cccc(N2CCC(C(=O)NCCCN3CCOCC3)CC2)n1. The molecule has 0 atom stereocenters. The van der Waals surface area contributed by atoms with Gasteiger partial charge in [-0.3, -0.25) is 9.69 Å². The molecule has 2 aliphatic heterocycles. The first-order valence-electron chi connectivity index (χ1n) is 9.46. The number of aromatic nitrogens is 1. The number of rotatable bonds is 6. The highest BCUT2D eigenvalue weighted by Crippen LogP contribution is 2.22. The lowest BCUT2D eigenvalue weighted by molar-refractivity contribution is -0.125. The minimum absolute atomic E-state index is 0.0776. The van der Waals surface area contributed by atoms with Crippen LogP contribution in [0.2, 0.25) is 0 Å². The number of morpholine rings is 1. The molecule has 0 saturated carbocycles. The van der Waals surface area contributed by atoms with Crippen molar-refractivity contribution in [3.05, 3.63) is 23.9 Å². The number of nitriles is 1. The molecule has 0 spiro atoms. The molecule has 0 radical (unpaired) electrons. The first-order valence-corrected chi connectivity index (χ1v) is 9.46. The Morgan fingerprint density at radius 2 is 2.04 bits per heavy atom. The molecule has 7 nitrogen and oxygen atoms in total. The van der Waals surface area contributed by atoms with Gasteiger partial charge in [-0.05, 0) is 37.9 Å². The summed E-state index contributed by atoms with van der Waals surface area (Å²) < 4.78 is 5.34. The maximum Gasteiger partial charge on any atom is 0.223 e. The molecule has 3 heterocycles. The third-order valence-electron chi connectivity index (χ3n) is 5.09. The standard InChI is InChI=1S/C19H27N5O2/c20-15-17-3-1-4-18(22-17)24-9-5-16(6-10-24)19(25)21-7-2-8-23-11-13-26-14-12-23/h1,3-4,16H,2,5-14H2,(H,21,25). The zero-order valence-electron chi connectivity index (χ0n) is 15.2. The number of carbonyl (C=O) groups is 1. The van der Waals surface area contributed by atoms with E-state index < -0.39 is 0 Å². The van der Waals surface area contributed by atoms with Gasteiger partial charge in [-0.2, -0.15) is 5.26 Å². The molecule has 0 aromatic carbocycles. The van der Waals surface area contributed by atoms with Crippen LogP contribution >= 0.6 is 0 Å². The number of anilines is 1. The van der Waals surface area contributed by atoms with Crippen molar-refractivity contribution in [1.29, 1.82) is 5.26 Å². The molecule has 0 aliphatic carbocycles. The molecule has 1 aromatic rings. The molecule has 140 valence electrons. The second-order valence-electron chi connectivity index (χ2n) is 6.85. The number of hydrogen-bond donors (Lipinski definition) is 1. The topological polar surface area (TPSA) is 81.5 Å². The van der Waals surface area contributed by atoms with Crippen molar-refractivity contribution in [3.8, 4) is 6.07 Å². The third kappa shape index (κ3) is 5.16. The lowest BCUT2D eigenvalue weighted by Crippen LogP contribution is -2.42. The highest BCUT2D eigenvalue weighted by molar-refractivity contribution is 5.78. The van der Waals surface area contributed by atoms with Gasteiger partial charge in [-0.1, -0.05) is 6.07 Å². The molecule has 0 bridgehead atoms. The summed E-state index contributed by atoms with van der Waals surface area (Å²) in [5.74, 6) is 1.08. The maximum atomic E-state index is 12.4. The summed E-state index contributed by atoms with van der Waals surface area (Å²) in [5.41, 5.74) is 0.433. The predicted molar refractivity (Wildman–Crippen MR) is 98.8 cm³/mol. The maximum absolute atomic E-state index is 12.4. The Balaban J connectivity index is 1.36. The summed E-state index contributed by atoms with van der Waals surface area (Å²) in [6.07, 6.45) is 2.64. The minimum atomic E-state index is 0.0776. The third-order valence-corrected chi connectivity index (χ3v) is 5.09. The van der Waals surface area contributed by atoms with E-state index in [4.69, 9.17) is 10.00 Å². The van der Waals surface area contributed by atoms with Gasteiger partial charge in [0.25, 0.3) is 0 Å². The lowest BCUT2D eigenvalue weighted by Gasteiger charge is -2.32. The van der Waals surface area contributed by atoms with Crippen LogP contribution in [0.1, 0.15) is 25.0 Å². The monoisotopic (exact) mass is 357 g/mol. The van der Waals surface area contributed by atoms with E-state index in [-0.39, 0.29) is 11.8 Å². The molecular formula is C19H27N5O2. The average Bonchev–Trinajstić information content (AvgIpc) is 2.72. The van der Waals surface area contributed by atoms with Crippen LogP contribution in [0.15, 0.2) is 18.2 Å². The Labute approximate surface area is 154 Å². The molecule has 2 aliphatic rings. The van der Waals surface area contributed by atoms with E-state index in [1.54, 1.807) is 6.07 Å². The minimum Gasteiger partial charge on any atom is -0.379 e. The lowest BCUT2D eigenvalue weighted by atomic mass is 9.96. The second-order valence-corrected chi connectivity index (χ2v) is 6.85. The number of nitrogens with one attached hydrogen (secondary N) is 1. The van der Waals surface area contributed by atoms with Crippen molar-refractivity contribution in [1.82, 2.24) is 15.2 Å². The summed E-state index contributed by atoms with van der Waals surface area (Å²) >= 11 is 0. The first kappa shape index (κ1) is 18.6. The van der Waals surface area contributed by atoms with E-state index >= 15 is 0 Å². The molecule has 1 N–H and O–H groups in total. The molecule has 1 aromatic heterocycles. The summed E-state index contributed by atoms with van der Waals surface area (Å²) in [7, 11) is 0. The van der Waals surface area contributed by atoms with Gasteiger partial charge in [0.2, 0.25) is 5.91 Å². The average molecular weight is 357 g/mol. The van der Waals surface area contributed by atoms with Crippen molar-refractivity contribution in [2.75, 3.05) is 57.4 Å². The number of pyridine rings is 1. The second kappa shape index (κ2) is 9.51. The van der Waals surface area contributed by atoms with Crippen molar-refractivity contribution in [2.24, 2.45) is 5.92 Å². The van der Waals surface area contributed by atoms with Crippen LogP contribution in [-0.2, 0) is 9.53 Å². The Kier molecular flexibility index (Phi) is 6.81. The van der Waals surface area contributed by atoms with Gasteiger partial charge in [0.05, 0.1) is 13.2 Å². The largest absolute Gasteiger partial charge is 0.379 e. The summed E-state index contributed by atoms with van der Waals surface area (Å²) in [6, 6.07) is 7.56. The van der Waals surface area contributed by atoms with E-state index in [0.29, 0.717) is 5.69 Å². The normalized spacial score (nSPS) is 19.1. The number of piperidine rings is 1. The van der Waals surface area contributed by atoms with Crippen LogP contribution in [0.3, 0.4) is 0 Å². The Morgan fingerprint density at radius 1 is 1.27 bits per heavy atom. The Bertz CT molecular complexity index is 631. The number of ether oxygens (including phenoxy) is 1.